The Kier molecular flexibility index (Phi) is 6.24. The van der Waals surface area contributed by atoms with E-state index in [1.165, 1.54) is 12.1 Å². The molecule has 3 N–H and O–H groups in total. The molecular formula is C16H16KN4O2S. The third-order valence-electron chi connectivity index (χ3n) is 3.26. The maximum Gasteiger partial charge on any atom is 0.263 e. The molecule has 1 aromatic heterocycles. The molecule has 6 nitrogen and oxygen atoms in total. The number of para-hydroxylation sites is 1. The van der Waals surface area contributed by atoms with Crippen molar-refractivity contribution in [3.63, 3.8) is 0 Å². The molecule has 0 fully saturated rings. The SMILES string of the molecule is Cc1cc(NS(=O)(=O)c2ccc(N)cc2)n(-c2ccccc2)n1.[K]. The topological polar surface area (TPSA) is 90.0 Å². The number of nitrogens with two attached hydrogens (primary N) is 1. The number of aryl methyl sites for hydroxylation is 1. The van der Waals surface area contributed by atoms with Crippen LogP contribution in [0.15, 0.2) is 65.6 Å². The maximum atomic E-state index is 12.5. The number of nitrogen functional groups attached to an aromatic ring is 1. The first kappa shape index (κ1) is 19.2. The Balaban J connectivity index is 0.00000208. The normalized spacial score (nSPS) is 10.9. The van der Waals surface area contributed by atoms with E-state index in [0.29, 0.717) is 17.2 Å². The van der Waals surface area contributed by atoms with Crippen molar-refractivity contribution >= 4 is 72.9 Å². The summed E-state index contributed by atoms with van der Waals surface area (Å²) >= 11 is 0. The number of rotatable bonds is 4. The summed E-state index contributed by atoms with van der Waals surface area (Å²) in [6.07, 6.45) is 0. The second kappa shape index (κ2) is 7.81. The monoisotopic (exact) mass is 367 g/mol. The third-order valence-corrected chi connectivity index (χ3v) is 4.63. The van der Waals surface area contributed by atoms with Gasteiger partial charge in [0.05, 0.1) is 16.3 Å². The first-order chi connectivity index (χ1) is 11.0. The van der Waals surface area contributed by atoms with Gasteiger partial charge in [0.25, 0.3) is 10.0 Å². The van der Waals surface area contributed by atoms with Crippen molar-refractivity contribution in [3.05, 3.63) is 66.4 Å². The van der Waals surface area contributed by atoms with Gasteiger partial charge in [0, 0.05) is 63.1 Å². The van der Waals surface area contributed by atoms with Crippen LogP contribution in [0.2, 0.25) is 0 Å². The predicted molar refractivity (Wildman–Crippen MR) is 95.7 cm³/mol. The van der Waals surface area contributed by atoms with Crippen molar-refractivity contribution < 1.29 is 8.42 Å². The largest absolute Gasteiger partial charge is 0.399 e. The van der Waals surface area contributed by atoms with Gasteiger partial charge in [-0.2, -0.15) is 5.10 Å². The minimum Gasteiger partial charge on any atom is -0.399 e. The van der Waals surface area contributed by atoms with Crippen molar-refractivity contribution in [1.29, 1.82) is 0 Å². The fourth-order valence-corrected chi connectivity index (χ4v) is 3.21. The van der Waals surface area contributed by atoms with Crippen molar-refractivity contribution in [2.75, 3.05) is 10.5 Å². The van der Waals surface area contributed by atoms with Crippen LogP contribution in [-0.4, -0.2) is 69.6 Å². The zero-order valence-electron chi connectivity index (χ0n) is 13.5. The summed E-state index contributed by atoms with van der Waals surface area (Å²) in [5.41, 5.74) is 7.59. The predicted octanol–water partition coefficient (Wildman–Crippen LogP) is 2.18. The first-order valence-electron chi connectivity index (χ1n) is 6.96. The van der Waals surface area contributed by atoms with E-state index in [4.69, 9.17) is 5.73 Å². The molecule has 0 aliphatic rings. The molecule has 3 aromatic rings. The number of sulfonamides is 1. The summed E-state index contributed by atoms with van der Waals surface area (Å²) in [7, 11) is -3.71. The molecule has 0 bridgehead atoms. The van der Waals surface area contributed by atoms with Gasteiger partial charge in [-0.25, -0.2) is 13.1 Å². The molecule has 0 aliphatic carbocycles. The van der Waals surface area contributed by atoms with E-state index in [9.17, 15) is 8.42 Å². The van der Waals surface area contributed by atoms with Crippen LogP contribution >= 0.6 is 0 Å². The molecule has 0 saturated heterocycles. The Morgan fingerprint density at radius 2 is 1.67 bits per heavy atom. The van der Waals surface area contributed by atoms with Crippen LogP contribution in [0.4, 0.5) is 11.5 Å². The van der Waals surface area contributed by atoms with Crippen LogP contribution in [0.5, 0.6) is 0 Å². The third kappa shape index (κ3) is 4.27. The van der Waals surface area contributed by atoms with Gasteiger partial charge >= 0.3 is 0 Å². The van der Waals surface area contributed by atoms with Crippen molar-refractivity contribution in [2.24, 2.45) is 0 Å². The molecule has 0 aliphatic heterocycles. The van der Waals surface area contributed by atoms with Gasteiger partial charge in [-0.05, 0) is 43.3 Å². The van der Waals surface area contributed by atoms with E-state index < -0.39 is 10.0 Å². The number of hydrogen-bond acceptors (Lipinski definition) is 4. The van der Waals surface area contributed by atoms with Crippen LogP contribution < -0.4 is 10.5 Å². The molecule has 0 spiro atoms. The summed E-state index contributed by atoms with van der Waals surface area (Å²) < 4.78 is 29.2. The smallest absolute Gasteiger partial charge is 0.263 e. The fourth-order valence-electron chi connectivity index (χ4n) is 2.18. The molecule has 119 valence electrons. The molecule has 0 saturated carbocycles. The maximum absolute atomic E-state index is 12.5. The first-order valence-corrected chi connectivity index (χ1v) is 8.44. The van der Waals surface area contributed by atoms with Crippen LogP contribution in [0.1, 0.15) is 5.69 Å². The number of nitrogens with zero attached hydrogens (tertiary/aromatic N) is 2. The van der Waals surface area contributed by atoms with E-state index in [1.54, 1.807) is 29.8 Å². The van der Waals surface area contributed by atoms with E-state index in [2.05, 4.69) is 9.82 Å². The van der Waals surface area contributed by atoms with Gasteiger partial charge < -0.3 is 5.73 Å². The average Bonchev–Trinajstić information content (AvgIpc) is 2.88. The van der Waals surface area contributed by atoms with Crippen molar-refractivity contribution in [3.8, 4) is 5.69 Å². The van der Waals surface area contributed by atoms with Crippen LogP contribution in [0.3, 0.4) is 0 Å². The van der Waals surface area contributed by atoms with Crippen LogP contribution in [0.25, 0.3) is 5.69 Å². The molecule has 1 radical (unpaired) electrons. The molecule has 0 amide bonds. The number of hydrogen-bond donors (Lipinski definition) is 2. The van der Waals surface area contributed by atoms with E-state index in [0.717, 1.165) is 5.69 Å². The summed E-state index contributed by atoms with van der Waals surface area (Å²) in [5.74, 6) is 0.380. The van der Waals surface area contributed by atoms with E-state index in [-0.39, 0.29) is 56.3 Å². The second-order valence-electron chi connectivity index (χ2n) is 5.09. The summed E-state index contributed by atoms with van der Waals surface area (Å²) in [5, 5.41) is 4.34. The molecule has 1 heterocycles. The number of nitrogens with one attached hydrogen (secondary N) is 1. The molecule has 2 aromatic carbocycles. The van der Waals surface area contributed by atoms with E-state index in [1.807, 2.05) is 30.3 Å². The van der Waals surface area contributed by atoms with Gasteiger partial charge in [0.1, 0.15) is 5.82 Å². The van der Waals surface area contributed by atoms with Crippen LogP contribution in [0, 0.1) is 6.92 Å². The van der Waals surface area contributed by atoms with Crippen LogP contribution in [-0.2, 0) is 10.0 Å². The zero-order valence-corrected chi connectivity index (χ0v) is 17.4. The number of benzene rings is 2. The summed E-state index contributed by atoms with van der Waals surface area (Å²) in [4.78, 5) is 0.144. The Morgan fingerprint density at radius 3 is 2.29 bits per heavy atom. The van der Waals surface area contributed by atoms with Gasteiger partial charge in [-0.15, -0.1) is 0 Å². The Bertz CT molecular complexity index is 922. The molecule has 24 heavy (non-hydrogen) atoms. The van der Waals surface area contributed by atoms with Crippen molar-refractivity contribution in [2.45, 2.75) is 11.8 Å². The minimum atomic E-state index is -3.71. The minimum absolute atomic E-state index is 0. The standard InChI is InChI=1S/C16H16N4O2S.K/c1-12-11-16(20(18-12)14-5-3-2-4-6-14)19-23(21,22)15-9-7-13(17)8-10-15;/h2-11,19H,17H2,1H3;. The molecule has 3 rings (SSSR count). The second-order valence-corrected chi connectivity index (χ2v) is 6.78. The zero-order chi connectivity index (χ0) is 16.4. The fraction of sp³-hybridized carbons (Fsp3) is 0.0625. The van der Waals surface area contributed by atoms with Gasteiger partial charge in [-0.3, -0.25) is 4.72 Å². The number of aromatic nitrogens is 2. The Hall–Kier alpha value is -1.16. The molecule has 0 atom stereocenters. The van der Waals surface area contributed by atoms with E-state index >= 15 is 0 Å². The van der Waals surface area contributed by atoms with Gasteiger partial charge in [0.15, 0.2) is 0 Å². The number of anilines is 2. The van der Waals surface area contributed by atoms with Gasteiger partial charge in [0.2, 0.25) is 0 Å². The summed E-state index contributed by atoms with van der Waals surface area (Å²) in [6, 6.07) is 17.0. The Labute approximate surface area is 183 Å². The average molecular weight is 367 g/mol. The molecule has 8 heteroatoms. The molecular weight excluding hydrogens is 351 g/mol. The van der Waals surface area contributed by atoms with Gasteiger partial charge in [-0.1, -0.05) is 18.2 Å². The molecule has 0 unspecified atom stereocenters. The van der Waals surface area contributed by atoms with Crippen molar-refractivity contribution in [1.82, 2.24) is 9.78 Å². The quantitative estimate of drug-likeness (QED) is 0.546. The Morgan fingerprint density at radius 1 is 1.04 bits per heavy atom. The summed E-state index contributed by atoms with van der Waals surface area (Å²) in [6.45, 7) is 1.81.